The van der Waals surface area contributed by atoms with Gasteiger partial charge in [0.1, 0.15) is 11.6 Å². The van der Waals surface area contributed by atoms with E-state index in [1.165, 1.54) is 6.07 Å². The molecule has 0 aliphatic carbocycles. The van der Waals surface area contributed by atoms with Crippen LogP contribution in [0.2, 0.25) is 5.02 Å². The highest BCUT2D eigenvalue weighted by molar-refractivity contribution is 6.35. The van der Waals surface area contributed by atoms with Crippen LogP contribution in [0, 0.1) is 6.92 Å². The van der Waals surface area contributed by atoms with Crippen molar-refractivity contribution in [1.82, 2.24) is 9.88 Å². The molecule has 7 nitrogen and oxygen atoms in total. The van der Waals surface area contributed by atoms with Crippen LogP contribution in [0.4, 0.5) is 5.82 Å². The molecule has 3 aromatic rings. The van der Waals surface area contributed by atoms with Crippen molar-refractivity contribution in [2.24, 2.45) is 0 Å². The van der Waals surface area contributed by atoms with Gasteiger partial charge < -0.3 is 10.2 Å². The molecule has 1 aliphatic rings. The van der Waals surface area contributed by atoms with Crippen LogP contribution < -0.4 is 16.6 Å². The summed E-state index contributed by atoms with van der Waals surface area (Å²) in [6, 6.07) is 6.06. The number of carbonyl (C=O) groups excluding carboxylic acids is 2. The molecular weight excluding hydrogens is 334 g/mol. The molecule has 3 N–H and O–H groups in total. The first-order valence-corrected chi connectivity index (χ1v) is 7.36. The molecule has 0 saturated carbocycles. The molecule has 2 amide bonds. The third-order valence-electron chi connectivity index (χ3n) is 3.89. The van der Waals surface area contributed by atoms with Gasteiger partial charge in [0, 0.05) is 11.5 Å². The topological polar surface area (TPSA) is 107 Å². The molecule has 0 bridgehead atoms. The van der Waals surface area contributed by atoms with Crippen molar-refractivity contribution < 1.29 is 14.0 Å². The second-order valence-electron chi connectivity index (χ2n) is 5.48. The second-order valence-corrected chi connectivity index (χ2v) is 5.89. The summed E-state index contributed by atoms with van der Waals surface area (Å²) in [5.41, 5.74) is 6.31. The largest absolute Gasteiger partial charge is 0.460 e. The van der Waals surface area contributed by atoms with Gasteiger partial charge in [-0.15, -0.1) is 0 Å². The van der Waals surface area contributed by atoms with Gasteiger partial charge in [0.05, 0.1) is 21.8 Å². The van der Waals surface area contributed by atoms with E-state index < -0.39 is 17.4 Å². The van der Waals surface area contributed by atoms with Gasteiger partial charge in [0.15, 0.2) is 5.58 Å². The normalized spacial score (nSPS) is 13.4. The Morgan fingerprint density at radius 1 is 1.12 bits per heavy atom. The maximum atomic E-state index is 12.4. The molecule has 0 saturated heterocycles. The number of aromatic nitrogens is 1. The van der Waals surface area contributed by atoms with Crippen LogP contribution in [-0.2, 0) is 0 Å². The maximum absolute atomic E-state index is 12.4. The van der Waals surface area contributed by atoms with E-state index in [1.54, 1.807) is 19.1 Å². The van der Waals surface area contributed by atoms with E-state index in [0.717, 1.165) is 10.6 Å². The lowest BCUT2D eigenvalue weighted by Gasteiger charge is -2.12. The van der Waals surface area contributed by atoms with Crippen molar-refractivity contribution in [3.05, 3.63) is 56.5 Å². The van der Waals surface area contributed by atoms with E-state index in [0.29, 0.717) is 27.4 Å². The Hall–Kier alpha value is -3.06. The van der Waals surface area contributed by atoms with E-state index >= 15 is 0 Å². The van der Waals surface area contributed by atoms with Crippen molar-refractivity contribution in [3.63, 3.8) is 0 Å². The third kappa shape index (κ3) is 1.88. The molecular formula is C16H10ClN3O4. The number of furan rings is 1. The Morgan fingerprint density at radius 3 is 2.62 bits per heavy atom. The SMILES string of the molecule is Cc1cc2cc(-n3c(N)c4c(cc3=O)C(=O)NC4=O)cc(Cl)c2o1. The number of carbonyl (C=O) groups is 2. The van der Waals surface area contributed by atoms with Gasteiger partial charge >= 0.3 is 0 Å². The number of nitrogens with zero attached hydrogens (tertiary/aromatic N) is 1. The fourth-order valence-corrected chi connectivity index (χ4v) is 3.16. The van der Waals surface area contributed by atoms with Gasteiger partial charge in [-0.25, -0.2) is 0 Å². The van der Waals surface area contributed by atoms with Gasteiger partial charge in [-0.2, -0.15) is 0 Å². The molecule has 0 atom stereocenters. The van der Waals surface area contributed by atoms with Crippen LogP contribution in [0.5, 0.6) is 0 Å². The Labute approximate surface area is 139 Å². The van der Waals surface area contributed by atoms with Crippen LogP contribution in [0.25, 0.3) is 16.7 Å². The Morgan fingerprint density at radius 2 is 1.88 bits per heavy atom. The number of rotatable bonds is 1. The number of fused-ring (bicyclic) bond motifs is 2. The predicted octanol–water partition coefficient (Wildman–Crippen LogP) is 2.01. The van der Waals surface area contributed by atoms with E-state index in [2.05, 4.69) is 5.32 Å². The van der Waals surface area contributed by atoms with Crippen molar-refractivity contribution in [2.75, 3.05) is 5.73 Å². The zero-order valence-electron chi connectivity index (χ0n) is 12.3. The first-order valence-electron chi connectivity index (χ1n) is 6.98. The van der Waals surface area contributed by atoms with Gasteiger partial charge in [-0.05, 0) is 25.1 Å². The summed E-state index contributed by atoms with van der Waals surface area (Å²) < 4.78 is 6.64. The monoisotopic (exact) mass is 343 g/mol. The summed E-state index contributed by atoms with van der Waals surface area (Å²) in [7, 11) is 0. The molecule has 8 heteroatoms. The highest BCUT2D eigenvalue weighted by Gasteiger charge is 2.32. The number of aryl methyl sites for hydroxylation is 1. The minimum atomic E-state index is -0.634. The molecule has 3 heterocycles. The van der Waals surface area contributed by atoms with E-state index in [1.807, 2.05) is 0 Å². The summed E-state index contributed by atoms with van der Waals surface area (Å²) in [6.07, 6.45) is 0. The fraction of sp³-hybridized carbons (Fsp3) is 0.0625. The average Bonchev–Trinajstić information content (AvgIpc) is 2.99. The number of nitrogens with two attached hydrogens (primary N) is 1. The van der Waals surface area contributed by atoms with E-state index in [-0.39, 0.29) is 16.9 Å². The highest BCUT2D eigenvalue weighted by Crippen LogP contribution is 2.31. The number of imide groups is 1. The second kappa shape index (κ2) is 4.72. The molecule has 0 spiro atoms. The standard InChI is InChI=1S/C16H10ClN3O4/c1-6-2-7-3-8(4-10(17)13(7)24-6)20-11(21)5-9-12(14(20)18)16(23)19-15(9)22/h2-5H,18H2,1H3,(H,19,22,23). The minimum absolute atomic E-state index is 0.0146. The smallest absolute Gasteiger partial charge is 0.262 e. The Kier molecular flexibility index (Phi) is 2.86. The quantitative estimate of drug-likeness (QED) is 0.657. The molecule has 0 fully saturated rings. The van der Waals surface area contributed by atoms with E-state index in [9.17, 15) is 14.4 Å². The first-order chi connectivity index (χ1) is 11.4. The number of pyridine rings is 1. The van der Waals surface area contributed by atoms with Crippen molar-refractivity contribution in [3.8, 4) is 5.69 Å². The molecule has 1 aromatic carbocycles. The molecule has 4 rings (SSSR count). The van der Waals surface area contributed by atoms with Crippen molar-refractivity contribution in [1.29, 1.82) is 0 Å². The van der Waals surface area contributed by atoms with Gasteiger partial charge in [-0.1, -0.05) is 11.6 Å². The number of hydrogen-bond donors (Lipinski definition) is 2. The zero-order valence-corrected chi connectivity index (χ0v) is 13.1. The van der Waals surface area contributed by atoms with Crippen molar-refractivity contribution in [2.45, 2.75) is 6.92 Å². The third-order valence-corrected chi connectivity index (χ3v) is 4.17. The number of halogens is 1. The lowest BCUT2D eigenvalue weighted by atomic mass is 10.1. The number of amides is 2. The molecule has 0 unspecified atom stereocenters. The molecule has 120 valence electrons. The van der Waals surface area contributed by atoms with Crippen LogP contribution in [0.15, 0.2) is 33.5 Å². The van der Waals surface area contributed by atoms with Crippen LogP contribution in [-0.4, -0.2) is 16.4 Å². The summed E-state index contributed by atoms with van der Waals surface area (Å²) in [6.45, 7) is 1.78. The predicted molar refractivity (Wildman–Crippen MR) is 87.8 cm³/mol. The summed E-state index contributed by atoms with van der Waals surface area (Å²) in [5.74, 6) is -0.711. The molecule has 1 aliphatic heterocycles. The Bertz CT molecular complexity index is 1130. The number of benzene rings is 1. The average molecular weight is 344 g/mol. The fourth-order valence-electron chi connectivity index (χ4n) is 2.90. The summed E-state index contributed by atoms with van der Waals surface area (Å²) >= 11 is 6.22. The number of hydrogen-bond acceptors (Lipinski definition) is 5. The zero-order chi connectivity index (χ0) is 17.2. The van der Waals surface area contributed by atoms with Crippen LogP contribution in [0.1, 0.15) is 26.5 Å². The lowest BCUT2D eigenvalue weighted by Crippen LogP contribution is -2.24. The van der Waals surface area contributed by atoms with Gasteiger partial charge in [0.2, 0.25) is 0 Å². The minimum Gasteiger partial charge on any atom is -0.460 e. The maximum Gasteiger partial charge on any atom is 0.262 e. The number of nitrogen functional groups attached to an aromatic ring is 1. The summed E-state index contributed by atoms with van der Waals surface area (Å²) in [5, 5.41) is 3.13. The molecule has 24 heavy (non-hydrogen) atoms. The number of anilines is 1. The van der Waals surface area contributed by atoms with Crippen LogP contribution >= 0.6 is 11.6 Å². The van der Waals surface area contributed by atoms with Crippen molar-refractivity contribution >= 4 is 40.2 Å². The Balaban J connectivity index is 2.05. The number of nitrogens with one attached hydrogen (secondary N) is 1. The lowest BCUT2D eigenvalue weighted by molar-refractivity contribution is 0.0880. The van der Waals surface area contributed by atoms with E-state index in [4.69, 9.17) is 21.8 Å². The molecule has 2 aromatic heterocycles. The van der Waals surface area contributed by atoms with Gasteiger partial charge in [-0.3, -0.25) is 24.3 Å². The highest BCUT2D eigenvalue weighted by atomic mass is 35.5. The van der Waals surface area contributed by atoms with Gasteiger partial charge in [0.25, 0.3) is 17.4 Å². The van der Waals surface area contributed by atoms with Crippen LogP contribution in [0.3, 0.4) is 0 Å². The first kappa shape index (κ1) is 14.5. The summed E-state index contributed by atoms with van der Waals surface area (Å²) in [4.78, 5) is 36.0. The molecule has 0 radical (unpaired) electrons.